The first-order chi connectivity index (χ1) is 3.65. The van der Waals surface area contributed by atoms with E-state index in [9.17, 15) is 0 Å². The van der Waals surface area contributed by atoms with Crippen LogP contribution < -0.4 is 0 Å². The van der Waals surface area contributed by atoms with Crippen molar-refractivity contribution in [2.45, 2.75) is 13.3 Å². The monoisotopic (exact) mass is 488 g/mol. The van der Waals surface area contributed by atoms with Crippen molar-refractivity contribution in [2.24, 2.45) is 0 Å². The molecule has 0 saturated carbocycles. The molecule has 0 saturated heterocycles. The molecule has 0 aromatic carbocycles. The van der Waals surface area contributed by atoms with Crippen molar-refractivity contribution in [3.8, 4) is 0 Å². The molecule has 0 fully saturated rings. The van der Waals surface area contributed by atoms with Crippen LogP contribution in [0.4, 0.5) is 0 Å². The third-order valence-electron chi connectivity index (χ3n) is 0.289. The molecule has 0 atom stereocenters. The van der Waals surface area contributed by atoms with E-state index in [0.29, 0.717) is 0 Å². The quantitative estimate of drug-likeness (QED) is 0.383. The average Bonchev–Trinajstić information content (AvgIpc) is 1.65. The van der Waals surface area contributed by atoms with E-state index in [2.05, 4.69) is 73.4 Å². The van der Waals surface area contributed by atoms with Crippen molar-refractivity contribution in [3.63, 3.8) is 0 Å². The molecule has 0 aliphatic heterocycles. The van der Waals surface area contributed by atoms with Crippen molar-refractivity contribution in [1.82, 2.24) is 0 Å². The summed E-state index contributed by atoms with van der Waals surface area (Å²) < 4.78 is 0. The second kappa shape index (κ2) is 12.2. The van der Waals surface area contributed by atoms with Gasteiger partial charge in [0.1, 0.15) is 0 Å². The first-order valence-electron chi connectivity index (χ1n) is 2.03. The third-order valence-corrected chi connectivity index (χ3v) is 0.289. The molecule has 0 aromatic heterocycles. The van der Waals surface area contributed by atoms with E-state index in [4.69, 9.17) is 0 Å². The summed E-state index contributed by atoms with van der Waals surface area (Å²) in [5.74, 6) is 0. The fourth-order valence-corrected chi connectivity index (χ4v) is 0. The van der Waals surface area contributed by atoms with E-state index >= 15 is 0 Å². The van der Waals surface area contributed by atoms with E-state index in [-0.39, 0.29) is 4.92 Å². The molecule has 0 unspecified atom stereocenters. The molecule has 0 radical (unpaired) electrons. The van der Waals surface area contributed by atoms with Crippen molar-refractivity contribution >= 4 is 59.9 Å². The van der Waals surface area contributed by atoms with Gasteiger partial charge in [0.2, 0.25) is 0 Å². The molecular weight excluding hydrogens is 480 g/mol. The summed E-state index contributed by atoms with van der Waals surface area (Å²) in [6, 6.07) is 0. The molecule has 4 heteroatoms. The molecule has 0 aliphatic carbocycles. The maximum absolute atomic E-state index is 3.48. The fourth-order valence-electron chi connectivity index (χ4n) is 0. The molecule has 0 nitrogen and oxygen atoms in total. The maximum atomic E-state index is 3.48. The van der Waals surface area contributed by atoms with E-state index in [1.807, 2.05) is 6.08 Å². The molecule has 0 bridgehead atoms. The Balaban J connectivity index is 0. The van der Waals surface area contributed by atoms with Crippen molar-refractivity contribution < 1.29 is 4.92 Å². The van der Waals surface area contributed by atoms with Crippen LogP contribution >= 0.6 is 59.9 Å². The minimum absolute atomic E-state index is 0.278. The Morgan fingerprint density at radius 2 is 1.62 bits per heavy atom. The zero-order chi connectivity index (χ0) is 6.99. The Morgan fingerprint density at radius 3 is 1.62 bits per heavy atom. The van der Waals surface area contributed by atoms with Crippen LogP contribution in [0.5, 0.6) is 0 Å². The topological polar surface area (TPSA) is 0 Å². The van der Waals surface area contributed by atoms with Gasteiger partial charge in [0.15, 0.2) is 0 Å². The zero-order valence-corrected chi connectivity index (χ0v) is 12.4. The Morgan fingerprint density at radius 1 is 1.50 bits per heavy atom. The molecule has 8 heavy (non-hydrogen) atoms. The Hall–Kier alpha value is 2.51. The predicted molar refractivity (Wildman–Crippen MR) is 62.5 cm³/mol. The van der Waals surface area contributed by atoms with Gasteiger partial charge in [0, 0.05) is 0 Å². The van der Waals surface area contributed by atoms with E-state index in [1.165, 1.54) is 0 Å². The minimum atomic E-state index is -0.278. The molecule has 0 rings (SSSR count). The van der Waals surface area contributed by atoms with E-state index in [0.717, 1.165) is 6.42 Å². The molecule has 0 heterocycles. The normalized spacial score (nSPS) is 7.62. The van der Waals surface area contributed by atoms with Crippen LogP contribution in [0.1, 0.15) is 13.3 Å². The third kappa shape index (κ3) is 38.9. The number of halogens is 3. The fraction of sp³-hybridized carbons (Fsp3) is 0.500. The molecule has 0 aromatic rings. The number of rotatable bonds is 1. The van der Waals surface area contributed by atoms with Gasteiger partial charge in [-0.3, -0.25) is 0 Å². The van der Waals surface area contributed by atoms with E-state index < -0.39 is 0 Å². The Bertz CT molecular complexity index is 43.8. The van der Waals surface area contributed by atoms with Gasteiger partial charge in [-0.05, 0) is 6.42 Å². The van der Waals surface area contributed by atoms with E-state index in [1.54, 1.807) is 0 Å². The van der Waals surface area contributed by atoms with Crippen LogP contribution in [0.15, 0.2) is 12.7 Å². The second-order valence-electron chi connectivity index (χ2n) is 0.889. The molecule has 0 N–H and O–H groups in total. The van der Waals surface area contributed by atoms with Gasteiger partial charge < -0.3 is 0 Å². The zero-order valence-electron chi connectivity index (χ0n) is 4.57. The van der Waals surface area contributed by atoms with Crippen LogP contribution in [0.3, 0.4) is 0 Å². The summed E-state index contributed by atoms with van der Waals surface area (Å²) in [5, 5.41) is 0. The molecule has 0 amide bonds. The van der Waals surface area contributed by atoms with Gasteiger partial charge in [-0.25, -0.2) is 0 Å². The van der Waals surface area contributed by atoms with Crippen LogP contribution in [0.25, 0.3) is 0 Å². The molecule has 0 spiro atoms. The van der Waals surface area contributed by atoms with Crippen molar-refractivity contribution in [3.05, 3.63) is 12.7 Å². The van der Waals surface area contributed by atoms with Gasteiger partial charge in [0.25, 0.3) is 0 Å². The molecule has 0 aliphatic rings. The second-order valence-corrected chi connectivity index (χ2v) is 36.3. The van der Waals surface area contributed by atoms with Gasteiger partial charge in [-0.15, -0.1) is 6.58 Å². The van der Waals surface area contributed by atoms with Crippen LogP contribution in [-0.4, -0.2) is 0 Å². The summed E-state index contributed by atoms with van der Waals surface area (Å²) >= 11 is 7.39. The Kier molecular flexibility index (Phi) is 20.0. The standard InChI is InChI=1S/C4H8.3HI.V/c1-3-4-2;;;;/h3H,1,4H2,2H3;3*1H;/q;;;;+3/p-3. The first kappa shape index (κ1) is 13.1. The van der Waals surface area contributed by atoms with Crippen molar-refractivity contribution in [1.29, 1.82) is 0 Å². The van der Waals surface area contributed by atoms with Crippen LogP contribution in [0, 0.1) is 0 Å². The summed E-state index contributed by atoms with van der Waals surface area (Å²) in [6.45, 7) is 5.54. The van der Waals surface area contributed by atoms with Crippen LogP contribution in [0.2, 0.25) is 0 Å². The summed E-state index contributed by atoms with van der Waals surface area (Å²) in [4.78, 5) is -0.278. The molecule has 50 valence electrons. The SMILES string of the molecule is C=CCC.[I][V]([I])[I]. The summed E-state index contributed by atoms with van der Waals surface area (Å²) in [5.41, 5.74) is 0. The van der Waals surface area contributed by atoms with Gasteiger partial charge in [-0.1, -0.05) is 13.0 Å². The average molecular weight is 488 g/mol. The van der Waals surface area contributed by atoms with Crippen LogP contribution in [-0.2, 0) is 4.92 Å². The van der Waals surface area contributed by atoms with Crippen molar-refractivity contribution in [2.75, 3.05) is 0 Å². The Labute approximate surface area is 89.0 Å². The number of hydrogen-bond donors (Lipinski definition) is 0. The number of allylic oxidation sites excluding steroid dienone is 1. The number of hydrogen-bond acceptors (Lipinski definition) is 0. The van der Waals surface area contributed by atoms with Gasteiger partial charge >= 0.3 is 64.9 Å². The summed E-state index contributed by atoms with van der Waals surface area (Å²) in [6.07, 6.45) is 2.96. The van der Waals surface area contributed by atoms with Gasteiger partial charge in [0.05, 0.1) is 0 Å². The predicted octanol–water partition coefficient (Wildman–Crippen LogP) is 4.24. The van der Waals surface area contributed by atoms with Gasteiger partial charge in [-0.2, -0.15) is 0 Å². The molecular formula is C4H8I3V. The first-order valence-corrected chi connectivity index (χ1v) is 15.5. The summed E-state index contributed by atoms with van der Waals surface area (Å²) in [7, 11) is 0.